The topological polar surface area (TPSA) is 140 Å². The Hall–Kier alpha value is -3.66. The molecule has 0 fully saturated rings. The van der Waals surface area contributed by atoms with Crippen molar-refractivity contribution in [3.8, 4) is 11.3 Å². The van der Waals surface area contributed by atoms with Gasteiger partial charge in [-0.2, -0.15) is 30.9 Å². The van der Waals surface area contributed by atoms with Gasteiger partial charge in [-0.15, -0.1) is 0 Å². The second kappa shape index (κ2) is 16.4. The summed E-state index contributed by atoms with van der Waals surface area (Å²) in [4.78, 5) is 2.66. The molecule has 0 bridgehead atoms. The quantitative estimate of drug-likeness (QED) is 0.0581. The van der Waals surface area contributed by atoms with Gasteiger partial charge in [-0.3, -0.25) is 0 Å². The lowest BCUT2D eigenvalue weighted by atomic mass is 9.80. The molecule has 53 heavy (non-hydrogen) atoms. The number of hydrogen-bond donors (Lipinski definition) is 4. The van der Waals surface area contributed by atoms with Crippen LogP contribution in [0.2, 0.25) is 0 Å². The van der Waals surface area contributed by atoms with Crippen LogP contribution in [0.25, 0.3) is 28.2 Å². The Morgan fingerprint density at radius 1 is 0.774 bits per heavy atom. The molecule has 4 aromatic rings. The highest BCUT2D eigenvalue weighted by Crippen LogP contribution is 2.47. The van der Waals surface area contributed by atoms with Gasteiger partial charge in [0, 0.05) is 48.6 Å². The number of benzene rings is 3. The normalized spacial score (nSPS) is 14.6. The van der Waals surface area contributed by atoms with Gasteiger partial charge in [-0.05, 0) is 66.7 Å². The molecule has 10 nitrogen and oxygen atoms in total. The average molecular weight is 804 g/mol. The third-order valence-corrected chi connectivity index (χ3v) is 11.8. The first kappa shape index (κ1) is 40.5. The highest BCUT2D eigenvalue weighted by Gasteiger charge is 2.46. The zero-order valence-electron chi connectivity index (χ0n) is 27.7. The minimum atomic E-state index is -5.49. The van der Waals surface area contributed by atoms with Gasteiger partial charge in [-0.25, -0.2) is 26.3 Å². The van der Waals surface area contributed by atoms with Gasteiger partial charge in [0.25, 0.3) is 0 Å². The fourth-order valence-corrected chi connectivity index (χ4v) is 7.98. The predicted octanol–water partition coefficient (Wildman–Crippen LogP) is 4.82. The van der Waals surface area contributed by atoms with Crippen LogP contribution in [0.15, 0.2) is 88.8 Å². The van der Waals surface area contributed by atoms with Crippen molar-refractivity contribution in [2.75, 3.05) is 24.5 Å². The van der Waals surface area contributed by atoms with E-state index in [-0.39, 0.29) is 31.3 Å². The van der Waals surface area contributed by atoms with E-state index < -0.39 is 51.3 Å². The van der Waals surface area contributed by atoms with E-state index in [1.807, 2.05) is 76.2 Å². The molecule has 3 aromatic carbocycles. The number of sulfonamides is 2. The lowest BCUT2D eigenvalue weighted by Crippen LogP contribution is -2.39. The van der Waals surface area contributed by atoms with Crippen LogP contribution in [-0.4, -0.2) is 64.7 Å². The smallest absolute Gasteiger partial charge is 0.423 e. The van der Waals surface area contributed by atoms with Crippen molar-refractivity contribution in [1.82, 2.24) is 9.44 Å². The number of thioether (sulfide) groups is 1. The monoisotopic (exact) mass is 803 g/mol. The summed E-state index contributed by atoms with van der Waals surface area (Å²) in [5.74, 6) is 0. The Kier molecular flexibility index (Phi) is 12.5. The number of anilines is 1. The highest BCUT2D eigenvalue weighted by atomic mass is 32.2. The Morgan fingerprint density at radius 3 is 2.00 bits per heavy atom. The van der Waals surface area contributed by atoms with E-state index in [1.165, 1.54) is 11.8 Å². The van der Waals surface area contributed by atoms with Crippen molar-refractivity contribution in [3.63, 3.8) is 0 Å². The summed E-state index contributed by atoms with van der Waals surface area (Å²) in [5.41, 5.74) is -6.84. The molecular weight excluding hydrogens is 769 g/mol. The first-order chi connectivity index (χ1) is 24.9. The van der Waals surface area contributed by atoms with Crippen LogP contribution < -0.4 is 24.4 Å². The van der Waals surface area contributed by atoms with E-state index in [0.717, 1.165) is 32.6 Å². The van der Waals surface area contributed by atoms with E-state index in [4.69, 9.17) is 0 Å². The van der Waals surface area contributed by atoms with Crippen molar-refractivity contribution in [3.05, 3.63) is 89.5 Å². The van der Waals surface area contributed by atoms with E-state index >= 15 is 0 Å². The van der Waals surface area contributed by atoms with Gasteiger partial charge in [-0.1, -0.05) is 48.2 Å². The number of aromatic nitrogens is 1. The number of fused-ring (bicyclic) bond motifs is 2. The van der Waals surface area contributed by atoms with Crippen molar-refractivity contribution in [1.29, 1.82) is 0 Å². The fraction of sp³-hybridized carbons (Fsp3) is 0.303. The number of hydrogen-bond acceptors (Lipinski definition) is 8. The Bertz CT molecular complexity index is 2190. The van der Waals surface area contributed by atoms with Gasteiger partial charge >= 0.3 is 38.2 Å². The molecule has 0 radical (unpaired) electrons. The molecule has 0 spiro atoms. The Balaban J connectivity index is 1.48. The number of pyridine rings is 1. The van der Waals surface area contributed by atoms with E-state index in [1.54, 1.807) is 27.6 Å². The molecule has 1 aliphatic rings. The lowest BCUT2D eigenvalue weighted by molar-refractivity contribution is -0.661. The molecule has 2 heterocycles. The number of rotatable bonds is 15. The molecule has 0 aliphatic carbocycles. The maximum absolute atomic E-state index is 12.8. The predicted molar refractivity (Wildman–Crippen MR) is 191 cm³/mol. The number of para-hydroxylation sites is 1. The van der Waals surface area contributed by atoms with Crippen molar-refractivity contribution in [2.24, 2.45) is 0 Å². The molecular formula is C33H34BF6N4O6S3+. The SMILES string of the molecule is O=S(=O)(NCCCCN1/C(=C\c2cc(-c3ccccc3)[n+](CCCCNS(=O)(=O)C(F)(F)F)c3ccccc23)Sc2ccc(B(O)O)cc21)C(F)(F)F. The molecule has 0 saturated carbocycles. The number of aryl methyl sites for hydroxylation is 1. The van der Waals surface area contributed by atoms with Crippen LogP contribution in [-0.2, 0) is 26.6 Å². The van der Waals surface area contributed by atoms with Crippen LogP contribution in [0, 0.1) is 0 Å². The van der Waals surface area contributed by atoms with Gasteiger partial charge in [0.2, 0.25) is 11.2 Å². The van der Waals surface area contributed by atoms with Crippen LogP contribution in [0.4, 0.5) is 32.0 Å². The molecule has 20 heteroatoms. The summed E-state index contributed by atoms with van der Waals surface area (Å²) in [7, 11) is -12.7. The zero-order valence-corrected chi connectivity index (χ0v) is 30.2. The second-order valence-electron chi connectivity index (χ2n) is 12.0. The minimum Gasteiger partial charge on any atom is -0.423 e. The number of halogens is 6. The summed E-state index contributed by atoms with van der Waals surface area (Å²) in [6.45, 7) is -0.255. The van der Waals surface area contributed by atoms with Gasteiger partial charge in [0.1, 0.15) is 6.54 Å². The minimum absolute atomic E-state index is 0.0749. The molecule has 0 saturated heterocycles. The summed E-state index contributed by atoms with van der Waals surface area (Å²) in [6.07, 6.45) is 2.74. The Morgan fingerprint density at radius 2 is 1.38 bits per heavy atom. The number of nitrogens with one attached hydrogen (secondary N) is 2. The molecule has 0 amide bonds. The standard InChI is InChI=1S/C33H34BF6N4O6S3/c35-32(36,37)52(47,48)41-16-6-8-18-43-27-13-5-4-12-26(27)24(20-28(43)23-10-2-1-3-11-23)21-31-44(19-9-7-17-42-53(49,50)33(38,39)40)29-22-25(34(45)46)14-15-30(29)51-31/h1-5,10-15,20-22,41-42,45-46H,6-9,16-19H2/q+1. The van der Waals surface area contributed by atoms with Crippen molar-refractivity contribution in [2.45, 2.75) is 48.1 Å². The average Bonchev–Trinajstić information content (AvgIpc) is 3.43. The molecule has 4 N–H and O–H groups in total. The Labute approximate surface area is 306 Å². The van der Waals surface area contributed by atoms with Gasteiger partial charge in [0.05, 0.1) is 16.1 Å². The largest absolute Gasteiger partial charge is 0.511 e. The third-order valence-electron chi connectivity index (χ3n) is 8.30. The van der Waals surface area contributed by atoms with E-state index in [2.05, 4.69) is 0 Å². The van der Waals surface area contributed by atoms with Crippen molar-refractivity contribution < 1.29 is 57.8 Å². The zero-order chi connectivity index (χ0) is 38.6. The lowest BCUT2D eigenvalue weighted by Gasteiger charge is -2.21. The molecule has 0 unspecified atom stereocenters. The molecule has 5 rings (SSSR count). The van der Waals surface area contributed by atoms with Crippen LogP contribution >= 0.6 is 11.8 Å². The summed E-state index contributed by atoms with van der Waals surface area (Å²) in [6, 6.07) is 23.7. The molecule has 284 valence electrons. The third kappa shape index (κ3) is 9.54. The maximum Gasteiger partial charge on any atom is 0.511 e. The molecule has 1 aliphatic heterocycles. The highest BCUT2D eigenvalue weighted by molar-refractivity contribution is 8.03. The summed E-state index contributed by atoms with van der Waals surface area (Å²) in [5, 5.41) is 21.2. The fourth-order valence-electron chi connectivity index (χ4n) is 5.71. The summed E-state index contributed by atoms with van der Waals surface area (Å²) >= 11 is 1.39. The summed E-state index contributed by atoms with van der Waals surface area (Å²) < 4.78 is 128. The van der Waals surface area contributed by atoms with E-state index in [9.17, 15) is 53.2 Å². The molecule has 1 aromatic heterocycles. The van der Waals surface area contributed by atoms with Crippen LogP contribution in [0.1, 0.15) is 31.2 Å². The number of alkyl halides is 6. The molecule has 0 atom stereocenters. The first-order valence-electron chi connectivity index (χ1n) is 16.2. The second-order valence-corrected chi connectivity index (χ2v) is 16.5. The first-order valence-corrected chi connectivity index (χ1v) is 20.0. The van der Waals surface area contributed by atoms with Crippen molar-refractivity contribution >= 4 is 67.1 Å². The van der Waals surface area contributed by atoms with Gasteiger partial charge in [0.15, 0.2) is 0 Å². The maximum atomic E-state index is 12.8. The van der Waals surface area contributed by atoms with E-state index in [0.29, 0.717) is 23.7 Å². The van der Waals surface area contributed by atoms with Crippen LogP contribution in [0.3, 0.4) is 0 Å². The van der Waals surface area contributed by atoms with Crippen LogP contribution in [0.5, 0.6) is 0 Å². The number of unbranched alkanes of at least 4 members (excludes halogenated alkanes) is 2. The van der Waals surface area contributed by atoms with Gasteiger partial charge < -0.3 is 14.9 Å². The number of nitrogens with zero attached hydrogens (tertiary/aromatic N) is 2.